The zero-order valence-electron chi connectivity index (χ0n) is 14.5. The van der Waals surface area contributed by atoms with E-state index >= 15 is 0 Å². The lowest BCUT2D eigenvalue weighted by Crippen LogP contribution is -2.44. The summed E-state index contributed by atoms with van der Waals surface area (Å²) in [6, 6.07) is 13.4. The lowest BCUT2D eigenvalue weighted by atomic mass is 10.1. The van der Waals surface area contributed by atoms with Crippen molar-refractivity contribution in [3.63, 3.8) is 0 Å². The summed E-state index contributed by atoms with van der Waals surface area (Å²) in [5.74, 6) is -0.609. The molecule has 1 saturated heterocycles. The molecule has 8 heteroatoms. The van der Waals surface area contributed by atoms with Crippen molar-refractivity contribution < 1.29 is 14.0 Å². The van der Waals surface area contributed by atoms with Crippen molar-refractivity contribution >= 4 is 40.5 Å². The summed E-state index contributed by atoms with van der Waals surface area (Å²) in [5, 5.41) is 2.75. The molecular weight excluding hydrogens is 367 g/mol. The first kappa shape index (κ1) is 18.8. The van der Waals surface area contributed by atoms with Gasteiger partial charge in [0.25, 0.3) is 0 Å². The lowest BCUT2D eigenvalue weighted by molar-refractivity contribution is -0.121. The maximum atomic E-state index is 13.5. The van der Waals surface area contributed by atoms with Gasteiger partial charge in [-0.1, -0.05) is 24.3 Å². The Hall–Kier alpha value is -3.00. The van der Waals surface area contributed by atoms with Crippen molar-refractivity contribution in [1.29, 1.82) is 0 Å². The fourth-order valence-electron chi connectivity index (χ4n) is 2.79. The van der Waals surface area contributed by atoms with Gasteiger partial charge >= 0.3 is 0 Å². The third-order valence-corrected chi connectivity index (χ3v) is 4.33. The normalized spacial score (nSPS) is 13.4. The van der Waals surface area contributed by atoms with Crippen molar-refractivity contribution in [1.82, 2.24) is 10.9 Å². The summed E-state index contributed by atoms with van der Waals surface area (Å²) in [7, 11) is 0. The third-order valence-electron chi connectivity index (χ3n) is 4.12. The molecule has 1 heterocycles. The molecule has 0 saturated carbocycles. The van der Waals surface area contributed by atoms with Crippen LogP contribution in [-0.4, -0.2) is 23.5 Å². The molecule has 1 aliphatic heterocycles. The standard InChI is InChI=1S/C19H19FN4O2S/c20-15-4-1-2-5-16(15)21-19(27)23-22-17(25)12-13-7-9-14(10-8-13)24-11-3-6-18(24)26/h1-2,4-5,7-10H,3,6,11-12H2,(H,22,25)(H2,21,23,27). The average Bonchev–Trinajstić information content (AvgIpc) is 3.09. The second-order valence-corrected chi connectivity index (χ2v) is 6.51. The van der Waals surface area contributed by atoms with Crippen LogP contribution in [0, 0.1) is 5.82 Å². The number of nitrogens with zero attached hydrogens (tertiary/aromatic N) is 1. The number of para-hydroxylation sites is 1. The van der Waals surface area contributed by atoms with Gasteiger partial charge < -0.3 is 10.2 Å². The van der Waals surface area contributed by atoms with Gasteiger partial charge in [-0.2, -0.15) is 0 Å². The first-order valence-corrected chi connectivity index (χ1v) is 8.93. The van der Waals surface area contributed by atoms with E-state index in [9.17, 15) is 14.0 Å². The van der Waals surface area contributed by atoms with Gasteiger partial charge in [-0.25, -0.2) is 4.39 Å². The summed E-state index contributed by atoms with van der Waals surface area (Å²) in [6.07, 6.45) is 1.59. The van der Waals surface area contributed by atoms with Gasteiger partial charge in [-0.05, 0) is 48.5 Å². The molecular formula is C19H19FN4O2S. The van der Waals surface area contributed by atoms with Crippen LogP contribution in [0.4, 0.5) is 15.8 Å². The van der Waals surface area contributed by atoms with E-state index in [-0.39, 0.29) is 29.0 Å². The number of halogens is 1. The third kappa shape index (κ3) is 5.01. The minimum atomic E-state index is -0.440. The lowest BCUT2D eigenvalue weighted by Gasteiger charge is -2.16. The Morgan fingerprint density at radius 3 is 2.52 bits per heavy atom. The summed E-state index contributed by atoms with van der Waals surface area (Å²) in [5.41, 5.74) is 6.87. The number of rotatable bonds is 4. The number of carbonyl (C=O) groups excluding carboxylic acids is 2. The highest BCUT2D eigenvalue weighted by molar-refractivity contribution is 7.80. The van der Waals surface area contributed by atoms with E-state index in [0.29, 0.717) is 6.42 Å². The van der Waals surface area contributed by atoms with Crippen molar-refractivity contribution in [2.45, 2.75) is 19.3 Å². The van der Waals surface area contributed by atoms with Gasteiger partial charge in [0.1, 0.15) is 5.82 Å². The highest BCUT2D eigenvalue weighted by Gasteiger charge is 2.21. The molecule has 0 aliphatic carbocycles. The van der Waals surface area contributed by atoms with E-state index in [0.717, 1.165) is 24.2 Å². The molecule has 0 spiro atoms. The molecule has 3 N–H and O–H groups in total. The molecule has 27 heavy (non-hydrogen) atoms. The molecule has 1 fully saturated rings. The topological polar surface area (TPSA) is 73.5 Å². The number of benzene rings is 2. The number of hydrogen-bond donors (Lipinski definition) is 3. The van der Waals surface area contributed by atoms with Crippen LogP contribution >= 0.6 is 12.2 Å². The van der Waals surface area contributed by atoms with Gasteiger partial charge in [0.15, 0.2) is 5.11 Å². The molecule has 1 aliphatic rings. The van der Waals surface area contributed by atoms with Crippen LogP contribution in [0.15, 0.2) is 48.5 Å². The number of nitrogens with one attached hydrogen (secondary N) is 3. The summed E-state index contributed by atoms with van der Waals surface area (Å²) in [6.45, 7) is 0.731. The fraction of sp³-hybridized carbons (Fsp3) is 0.211. The Morgan fingerprint density at radius 1 is 1.11 bits per heavy atom. The Bertz CT molecular complexity index is 857. The Labute approximate surface area is 161 Å². The number of carbonyl (C=O) groups is 2. The van der Waals surface area contributed by atoms with Crippen LogP contribution in [0.5, 0.6) is 0 Å². The number of thiocarbonyl (C=S) groups is 1. The smallest absolute Gasteiger partial charge is 0.242 e. The van der Waals surface area contributed by atoms with E-state index in [1.807, 2.05) is 24.3 Å². The number of amides is 2. The monoisotopic (exact) mass is 386 g/mol. The molecule has 0 bridgehead atoms. The quantitative estimate of drug-likeness (QED) is 0.556. The van der Waals surface area contributed by atoms with Crippen molar-refractivity contribution in [3.05, 3.63) is 59.9 Å². The minimum absolute atomic E-state index is 0.0799. The molecule has 0 aromatic heterocycles. The van der Waals surface area contributed by atoms with E-state index in [1.165, 1.54) is 12.1 Å². The zero-order valence-corrected chi connectivity index (χ0v) is 15.3. The zero-order chi connectivity index (χ0) is 19.2. The highest BCUT2D eigenvalue weighted by atomic mass is 32.1. The number of hydrogen-bond acceptors (Lipinski definition) is 3. The second kappa shape index (κ2) is 8.59. The summed E-state index contributed by atoms with van der Waals surface area (Å²) >= 11 is 5.03. The van der Waals surface area contributed by atoms with Crippen LogP contribution in [0.25, 0.3) is 0 Å². The molecule has 2 aromatic carbocycles. The molecule has 3 rings (SSSR count). The number of anilines is 2. The van der Waals surface area contributed by atoms with E-state index in [4.69, 9.17) is 12.2 Å². The van der Waals surface area contributed by atoms with Crippen LogP contribution in [-0.2, 0) is 16.0 Å². The highest BCUT2D eigenvalue weighted by Crippen LogP contribution is 2.21. The average molecular weight is 386 g/mol. The van der Waals surface area contributed by atoms with Gasteiger partial charge in [0, 0.05) is 18.7 Å². The van der Waals surface area contributed by atoms with E-state index in [2.05, 4.69) is 16.2 Å². The fourth-order valence-corrected chi connectivity index (χ4v) is 2.95. The van der Waals surface area contributed by atoms with Crippen LogP contribution in [0.2, 0.25) is 0 Å². The van der Waals surface area contributed by atoms with E-state index < -0.39 is 5.82 Å². The molecule has 2 amide bonds. The predicted molar refractivity (Wildman–Crippen MR) is 106 cm³/mol. The van der Waals surface area contributed by atoms with Crippen molar-refractivity contribution in [3.8, 4) is 0 Å². The van der Waals surface area contributed by atoms with Crippen molar-refractivity contribution in [2.24, 2.45) is 0 Å². The molecule has 6 nitrogen and oxygen atoms in total. The van der Waals surface area contributed by atoms with Crippen LogP contribution in [0.3, 0.4) is 0 Å². The Balaban J connectivity index is 1.47. The molecule has 0 unspecified atom stereocenters. The maximum absolute atomic E-state index is 13.5. The maximum Gasteiger partial charge on any atom is 0.242 e. The van der Waals surface area contributed by atoms with Gasteiger partial charge in [-0.15, -0.1) is 0 Å². The molecule has 0 atom stereocenters. The van der Waals surface area contributed by atoms with Gasteiger partial charge in [-0.3, -0.25) is 20.4 Å². The Kier molecular flexibility index (Phi) is 5.97. The SMILES string of the molecule is O=C(Cc1ccc(N2CCCC2=O)cc1)NNC(=S)Nc1ccccc1F. The number of hydrazine groups is 1. The first-order valence-electron chi connectivity index (χ1n) is 8.52. The van der Waals surface area contributed by atoms with Crippen LogP contribution in [0.1, 0.15) is 18.4 Å². The second-order valence-electron chi connectivity index (χ2n) is 6.10. The van der Waals surface area contributed by atoms with Gasteiger partial charge in [0.2, 0.25) is 11.8 Å². The van der Waals surface area contributed by atoms with Gasteiger partial charge in [0.05, 0.1) is 12.1 Å². The first-order chi connectivity index (χ1) is 13.0. The van der Waals surface area contributed by atoms with Crippen LogP contribution < -0.4 is 21.1 Å². The summed E-state index contributed by atoms with van der Waals surface area (Å²) < 4.78 is 13.5. The predicted octanol–water partition coefficient (Wildman–Crippen LogP) is 2.51. The molecule has 0 radical (unpaired) electrons. The largest absolute Gasteiger partial charge is 0.329 e. The molecule has 140 valence electrons. The minimum Gasteiger partial charge on any atom is -0.329 e. The summed E-state index contributed by atoms with van der Waals surface area (Å²) in [4.78, 5) is 25.5. The Morgan fingerprint density at radius 2 is 1.85 bits per heavy atom. The molecule has 2 aromatic rings. The van der Waals surface area contributed by atoms with E-state index in [1.54, 1.807) is 17.0 Å². The van der Waals surface area contributed by atoms with Crippen molar-refractivity contribution in [2.75, 3.05) is 16.8 Å².